The summed E-state index contributed by atoms with van der Waals surface area (Å²) in [5, 5.41) is 13.9. The molecule has 19 heavy (non-hydrogen) atoms. The third-order valence-electron chi connectivity index (χ3n) is 3.12. The Bertz CT molecular complexity index is 473. The van der Waals surface area contributed by atoms with Crippen molar-refractivity contribution in [2.75, 3.05) is 13.1 Å². The van der Waals surface area contributed by atoms with E-state index in [-0.39, 0.29) is 6.04 Å². The van der Waals surface area contributed by atoms with Crippen LogP contribution in [0.15, 0.2) is 60.7 Å². The minimum absolute atomic E-state index is 0.146. The van der Waals surface area contributed by atoms with Gasteiger partial charge in [0.25, 0.3) is 0 Å². The zero-order valence-electron chi connectivity index (χ0n) is 10.9. The summed E-state index contributed by atoms with van der Waals surface area (Å²) in [5.41, 5.74) is 7.52. The lowest BCUT2D eigenvalue weighted by Gasteiger charge is -2.25. The lowest BCUT2D eigenvalue weighted by molar-refractivity contribution is 0.129. The fourth-order valence-corrected chi connectivity index (χ4v) is 2.15. The number of aliphatic hydroxyl groups excluding tert-OH is 1. The van der Waals surface area contributed by atoms with Crippen LogP contribution in [0.4, 0.5) is 0 Å². The highest BCUT2D eigenvalue weighted by Crippen LogP contribution is 2.28. The van der Waals surface area contributed by atoms with Crippen molar-refractivity contribution < 1.29 is 5.11 Å². The molecule has 0 unspecified atom stereocenters. The summed E-state index contributed by atoms with van der Waals surface area (Å²) in [6, 6.07) is 19.5. The first-order valence-electron chi connectivity index (χ1n) is 6.54. The number of hydrogen-bond acceptors (Lipinski definition) is 3. The molecule has 0 saturated carbocycles. The molecule has 0 aliphatic carbocycles. The van der Waals surface area contributed by atoms with Crippen molar-refractivity contribution >= 4 is 0 Å². The van der Waals surface area contributed by atoms with Gasteiger partial charge < -0.3 is 16.2 Å². The lowest BCUT2D eigenvalue weighted by atomic mass is 9.96. The molecule has 0 fully saturated rings. The Hall–Kier alpha value is -1.68. The average Bonchev–Trinajstić information content (AvgIpc) is 2.49. The van der Waals surface area contributed by atoms with Gasteiger partial charge in [-0.05, 0) is 11.1 Å². The fourth-order valence-electron chi connectivity index (χ4n) is 2.15. The van der Waals surface area contributed by atoms with Gasteiger partial charge in [0.2, 0.25) is 0 Å². The maximum atomic E-state index is 10.6. The largest absolute Gasteiger partial charge is 0.386 e. The van der Waals surface area contributed by atoms with Crippen molar-refractivity contribution in [3.05, 3.63) is 71.8 Å². The van der Waals surface area contributed by atoms with Crippen LogP contribution >= 0.6 is 0 Å². The zero-order chi connectivity index (χ0) is 13.5. The predicted molar refractivity (Wildman–Crippen MR) is 77.6 cm³/mol. The maximum absolute atomic E-state index is 10.6. The SMILES string of the molecule is NCCN[C@H](c1ccccc1)[C@H](O)c1ccccc1. The summed E-state index contributed by atoms with van der Waals surface area (Å²) in [6.07, 6.45) is -0.588. The van der Waals surface area contributed by atoms with Gasteiger partial charge in [-0.25, -0.2) is 0 Å². The third kappa shape index (κ3) is 3.64. The van der Waals surface area contributed by atoms with E-state index in [0.717, 1.165) is 11.1 Å². The molecule has 0 heterocycles. The second-order valence-electron chi connectivity index (χ2n) is 4.49. The van der Waals surface area contributed by atoms with Crippen molar-refractivity contribution in [2.24, 2.45) is 5.73 Å². The molecule has 2 aromatic rings. The van der Waals surface area contributed by atoms with Crippen LogP contribution in [-0.2, 0) is 0 Å². The predicted octanol–water partition coefficient (Wildman–Crippen LogP) is 2.01. The average molecular weight is 256 g/mol. The number of nitrogens with two attached hydrogens (primary N) is 1. The van der Waals surface area contributed by atoms with Crippen LogP contribution in [0, 0.1) is 0 Å². The molecule has 100 valence electrons. The van der Waals surface area contributed by atoms with E-state index in [1.807, 2.05) is 60.7 Å². The minimum Gasteiger partial charge on any atom is -0.386 e. The monoisotopic (exact) mass is 256 g/mol. The van der Waals surface area contributed by atoms with Gasteiger partial charge in [-0.15, -0.1) is 0 Å². The summed E-state index contributed by atoms with van der Waals surface area (Å²) in [7, 11) is 0. The Labute approximate surface area is 114 Å². The van der Waals surface area contributed by atoms with Crippen LogP contribution in [0.25, 0.3) is 0 Å². The highest BCUT2D eigenvalue weighted by atomic mass is 16.3. The molecule has 3 heteroatoms. The molecule has 2 atom stereocenters. The van der Waals surface area contributed by atoms with Crippen LogP contribution < -0.4 is 11.1 Å². The molecule has 0 amide bonds. The summed E-state index contributed by atoms with van der Waals surface area (Å²) in [5.74, 6) is 0. The minimum atomic E-state index is -0.588. The van der Waals surface area contributed by atoms with E-state index >= 15 is 0 Å². The van der Waals surface area contributed by atoms with Crippen molar-refractivity contribution in [1.82, 2.24) is 5.32 Å². The first-order chi connectivity index (χ1) is 9.33. The molecular formula is C16H20N2O. The van der Waals surface area contributed by atoms with E-state index in [1.54, 1.807) is 0 Å². The Morgan fingerprint density at radius 1 is 0.895 bits per heavy atom. The molecule has 0 aromatic heterocycles. The van der Waals surface area contributed by atoms with Crippen LogP contribution in [0.3, 0.4) is 0 Å². The number of nitrogens with one attached hydrogen (secondary N) is 1. The molecule has 3 nitrogen and oxygen atoms in total. The zero-order valence-corrected chi connectivity index (χ0v) is 10.9. The molecule has 2 aromatic carbocycles. The molecule has 0 spiro atoms. The van der Waals surface area contributed by atoms with Gasteiger partial charge in [0.1, 0.15) is 0 Å². The van der Waals surface area contributed by atoms with E-state index in [0.29, 0.717) is 13.1 Å². The quantitative estimate of drug-likeness (QED) is 0.741. The second-order valence-corrected chi connectivity index (χ2v) is 4.49. The van der Waals surface area contributed by atoms with E-state index in [2.05, 4.69) is 5.32 Å². The van der Waals surface area contributed by atoms with Gasteiger partial charge in [0, 0.05) is 13.1 Å². The Kier molecular flexibility index (Phi) is 5.10. The van der Waals surface area contributed by atoms with E-state index in [9.17, 15) is 5.11 Å². The van der Waals surface area contributed by atoms with E-state index < -0.39 is 6.10 Å². The van der Waals surface area contributed by atoms with Crippen molar-refractivity contribution in [2.45, 2.75) is 12.1 Å². The van der Waals surface area contributed by atoms with E-state index in [1.165, 1.54) is 0 Å². The van der Waals surface area contributed by atoms with Gasteiger partial charge in [-0.1, -0.05) is 60.7 Å². The van der Waals surface area contributed by atoms with Crippen molar-refractivity contribution in [1.29, 1.82) is 0 Å². The standard InChI is InChI=1S/C16H20N2O/c17-11-12-18-15(13-7-3-1-4-8-13)16(19)14-9-5-2-6-10-14/h1-10,15-16,18-19H,11-12,17H2/t15-,16-/m1/s1. The maximum Gasteiger partial charge on any atom is 0.0984 e. The van der Waals surface area contributed by atoms with Crippen LogP contribution in [-0.4, -0.2) is 18.2 Å². The number of rotatable bonds is 6. The van der Waals surface area contributed by atoms with Crippen molar-refractivity contribution in [3.8, 4) is 0 Å². The van der Waals surface area contributed by atoms with Crippen LogP contribution in [0.5, 0.6) is 0 Å². The van der Waals surface area contributed by atoms with Gasteiger partial charge in [-0.3, -0.25) is 0 Å². The smallest absolute Gasteiger partial charge is 0.0984 e. The van der Waals surface area contributed by atoms with Crippen LogP contribution in [0.2, 0.25) is 0 Å². The molecule has 0 radical (unpaired) electrons. The van der Waals surface area contributed by atoms with Gasteiger partial charge >= 0.3 is 0 Å². The summed E-state index contributed by atoms with van der Waals surface area (Å²) < 4.78 is 0. The normalized spacial score (nSPS) is 14.0. The van der Waals surface area contributed by atoms with Gasteiger partial charge in [-0.2, -0.15) is 0 Å². The summed E-state index contributed by atoms with van der Waals surface area (Å²) >= 11 is 0. The molecule has 0 aliphatic heterocycles. The van der Waals surface area contributed by atoms with Gasteiger partial charge in [0.05, 0.1) is 12.1 Å². The van der Waals surface area contributed by atoms with Gasteiger partial charge in [0.15, 0.2) is 0 Å². The molecular weight excluding hydrogens is 236 g/mol. The van der Waals surface area contributed by atoms with Crippen molar-refractivity contribution in [3.63, 3.8) is 0 Å². The Balaban J connectivity index is 2.22. The fraction of sp³-hybridized carbons (Fsp3) is 0.250. The first-order valence-corrected chi connectivity index (χ1v) is 6.54. The first kappa shape index (κ1) is 13.7. The highest BCUT2D eigenvalue weighted by Gasteiger charge is 2.21. The van der Waals surface area contributed by atoms with E-state index in [4.69, 9.17) is 5.73 Å². The number of benzene rings is 2. The topological polar surface area (TPSA) is 58.3 Å². The molecule has 4 N–H and O–H groups in total. The Morgan fingerprint density at radius 2 is 1.42 bits per heavy atom. The third-order valence-corrected chi connectivity index (χ3v) is 3.12. The highest BCUT2D eigenvalue weighted by molar-refractivity contribution is 5.26. The molecule has 2 rings (SSSR count). The molecule has 0 aliphatic rings. The number of aliphatic hydroxyl groups is 1. The molecule has 0 bridgehead atoms. The summed E-state index contributed by atoms with van der Waals surface area (Å²) in [4.78, 5) is 0. The Morgan fingerprint density at radius 3 is 1.95 bits per heavy atom. The number of hydrogen-bond donors (Lipinski definition) is 3. The second kappa shape index (κ2) is 7.04. The molecule has 0 saturated heterocycles. The lowest BCUT2D eigenvalue weighted by Crippen LogP contribution is -2.31. The summed E-state index contributed by atoms with van der Waals surface area (Å²) in [6.45, 7) is 1.22. The van der Waals surface area contributed by atoms with Crippen LogP contribution in [0.1, 0.15) is 23.3 Å².